The lowest BCUT2D eigenvalue weighted by molar-refractivity contribution is -0.148. The molecule has 0 fully saturated rings. The molecule has 0 spiro atoms. The molecule has 2 aromatic carbocycles. The first-order valence-corrected chi connectivity index (χ1v) is 14.5. The summed E-state index contributed by atoms with van der Waals surface area (Å²) in [5.74, 6) is -2.38. The minimum Gasteiger partial charge on any atom is -0.507 e. The minimum absolute atomic E-state index is 0.0327. The second-order valence-corrected chi connectivity index (χ2v) is 9.84. The third-order valence-electron chi connectivity index (χ3n) is 6.88. The number of ketones is 1. The fraction of sp³-hybridized carbons (Fsp3) is 0.469. The van der Waals surface area contributed by atoms with Gasteiger partial charge in [-0.2, -0.15) is 0 Å². The van der Waals surface area contributed by atoms with Crippen LogP contribution in [0.3, 0.4) is 0 Å². The third kappa shape index (κ3) is 7.82. The van der Waals surface area contributed by atoms with E-state index in [0.717, 1.165) is 44.5 Å². The molecule has 0 aliphatic carbocycles. The van der Waals surface area contributed by atoms with E-state index in [0.29, 0.717) is 6.61 Å². The van der Waals surface area contributed by atoms with E-state index in [1.54, 1.807) is 18.2 Å². The van der Waals surface area contributed by atoms with E-state index in [9.17, 15) is 24.6 Å². The molecule has 2 aromatic rings. The van der Waals surface area contributed by atoms with Gasteiger partial charge < -0.3 is 34.1 Å². The largest absolute Gasteiger partial charge is 0.507 e. The second kappa shape index (κ2) is 15.8. The van der Waals surface area contributed by atoms with E-state index in [4.69, 9.17) is 18.9 Å². The van der Waals surface area contributed by atoms with Crippen LogP contribution >= 0.6 is 0 Å². The summed E-state index contributed by atoms with van der Waals surface area (Å²) in [6.07, 6.45) is 0.505. The maximum atomic E-state index is 13.4. The summed E-state index contributed by atoms with van der Waals surface area (Å²) in [5.41, 5.74) is 0.808. The number of rotatable bonds is 17. The molecule has 10 nitrogen and oxygen atoms in total. The maximum Gasteiger partial charge on any atom is 0.378 e. The number of hydrogen-bond donors (Lipinski definition) is 2. The molecule has 1 heterocycles. The Bertz CT molecular complexity index is 1270. The van der Waals surface area contributed by atoms with Gasteiger partial charge in [0.05, 0.1) is 24.3 Å². The molecular weight excluding hydrogens is 542 g/mol. The third-order valence-corrected chi connectivity index (χ3v) is 6.88. The van der Waals surface area contributed by atoms with Gasteiger partial charge in [0.25, 0.3) is 0 Å². The van der Waals surface area contributed by atoms with E-state index >= 15 is 0 Å². The van der Waals surface area contributed by atoms with Crippen molar-refractivity contribution in [1.29, 1.82) is 0 Å². The molecule has 0 aromatic heterocycles. The number of hydrogen-bond acceptors (Lipinski definition) is 10. The number of nitrogens with zero attached hydrogens (tertiary/aromatic N) is 1. The van der Waals surface area contributed by atoms with Gasteiger partial charge in [0.2, 0.25) is 5.76 Å². The maximum absolute atomic E-state index is 13.4. The summed E-state index contributed by atoms with van der Waals surface area (Å²) in [5, 5.41) is 21.5. The van der Waals surface area contributed by atoms with Crippen LogP contribution < -0.4 is 4.90 Å². The Morgan fingerprint density at radius 2 is 1.57 bits per heavy atom. The first kappa shape index (κ1) is 32.5. The molecule has 0 radical (unpaired) electrons. The number of carbonyl (C=O) groups excluding carboxylic acids is 3. The average molecular weight is 584 g/mol. The van der Waals surface area contributed by atoms with E-state index < -0.39 is 36.5 Å². The van der Waals surface area contributed by atoms with Crippen LogP contribution in [0.1, 0.15) is 79.7 Å². The van der Waals surface area contributed by atoms with Crippen molar-refractivity contribution < 1.29 is 43.5 Å². The molecule has 2 unspecified atom stereocenters. The highest BCUT2D eigenvalue weighted by Gasteiger charge is 2.42. The van der Waals surface area contributed by atoms with Gasteiger partial charge in [0.15, 0.2) is 17.6 Å². The molecule has 2 N–H and O–H groups in total. The van der Waals surface area contributed by atoms with Gasteiger partial charge in [0.1, 0.15) is 18.5 Å². The van der Waals surface area contributed by atoms with Gasteiger partial charge in [0, 0.05) is 30.4 Å². The highest BCUT2D eigenvalue weighted by Crippen LogP contribution is 2.30. The zero-order valence-corrected chi connectivity index (χ0v) is 24.8. The van der Waals surface area contributed by atoms with Crippen molar-refractivity contribution in [1.82, 2.24) is 0 Å². The Morgan fingerprint density at radius 1 is 0.929 bits per heavy atom. The van der Waals surface area contributed by atoms with Crippen molar-refractivity contribution in [2.24, 2.45) is 0 Å². The number of unbranched alkanes of at least 4 members (excludes halogenated alkanes) is 2. The SMILES string of the molecule is CCCCOC1=C(OCCCC)C(C(O)COC(=O)c2ccccc2C(=O)c2ccc(N(CC)CC)cc2O)OC1=O. The van der Waals surface area contributed by atoms with Crippen LogP contribution in [-0.4, -0.2) is 73.1 Å². The number of benzene rings is 2. The van der Waals surface area contributed by atoms with Gasteiger partial charge in [-0.05, 0) is 44.9 Å². The Balaban J connectivity index is 1.75. The number of aliphatic hydroxyl groups is 1. The van der Waals surface area contributed by atoms with Gasteiger partial charge in [-0.3, -0.25) is 4.79 Å². The number of ether oxygens (including phenoxy) is 4. The van der Waals surface area contributed by atoms with Gasteiger partial charge in [-0.25, -0.2) is 9.59 Å². The Hall–Kier alpha value is -4.05. The highest BCUT2D eigenvalue weighted by molar-refractivity contribution is 6.15. The molecule has 1 aliphatic heterocycles. The number of anilines is 1. The molecule has 3 rings (SSSR count). The predicted molar refractivity (Wildman–Crippen MR) is 156 cm³/mol. The van der Waals surface area contributed by atoms with Crippen molar-refractivity contribution in [2.75, 3.05) is 37.8 Å². The van der Waals surface area contributed by atoms with Crippen molar-refractivity contribution in [3.05, 3.63) is 70.7 Å². The zero-order valence-electron chi connectivity index (χ0n) is 24.8. The van der Waals surface area contributed by atoms with Crippen LogP contribution in [0.15, 0.2) is 54.0 Å². The molecule has 10 heteroatoms. The topological polar surface area (TPSA) is 132 Å². The van der Waals surface area contributed by atoms with Gasteiger partial charge in [-0.15, -0.1) is 0 Å². The summed E-state index contributed by atoms with van der Waals surface area (Å²) in [6.45, 7) is 9.48. The fourth-order valence-corrected chi connectivity index (χ4v) is 4.46. The van der Waals surface area contributed by atoms with Crippen molar-refractivity contribution in [3.8, 4) is 5.75 Å². The number of cyclic esters (lactones) is 1. The Morgan fingerprint density at radius 3 is 2.19 bits per heavy atom. The molecule has 1 aliphatic rings. The average Bonchev–Trinajstić information content (AvgIpc) is 3.31. The summed E-state index contributed by atoms with van der Waals surface area (Å²) in [4.78, 5) is 41.0. The number of aromatic hydroxyl groups is 1. The summed E-state index contributed by atoms with van der Waals surface area (Å²) in [6, 6.07) is 10.9. The normalized spacial score (nSPS) is 15.3. The lowest BCUT2D eigenvalue weighted by atomic mass is 9.97. The van der Waals surface area contributed by atoms with Crippen LogP contribution in [-0.2, 0) is 23.7 Å². The van der Waals surface area contributed by atoms with Gasteiger partial charge >= 0.3 is 11.9 Å². The quantitative estimate of drug-likeness (QED) is 0.153. The van der Waals surface area contributed by atoms with E-state index in [1.807, 2.05) is 32.6 Å². The van der Waals surface area contributed by atoms with Crippen molar-refractivity contribution in [3.63, 3.8) is 0 Å². The van der Waals surface area contributed by atoms with Crippen LogP contribution in [0.2, 0.25) is 0 Å². The van der Waals surface area contributed by atoms with Crippen LogP contribution in [0.4, 0.5) is 5.69 Å². The van der Waals surface area contributed by atoms with Crippen molar-refractivity contribution >= 4 is 23.4 Å². The molecule has 0 saturated carbocycles. The standard InChI is InChI=1S/C32H41NO9/c1-5-9-17-39-29-28(42-32(38)30(29)40-18-10-6-2)26(35)20-41-31(37)23-14-12-11-13-22(23)27(36)24-16-15-21(19-25(24)34)33(7-3)8-4/h11-16,19,26,28,34-35H,5-10,17-18,20H2,1-4H3. The van der Waals surface area contributed by atoms with E-state index in [2.05, 4.69) is 0 Å². The Kier molecular flexibility index (Phi) is 12.2. The first-order chi connectivity index (χ1) is 20.3. The van der Waals surface area contributed by atoms with Gasteiger partial charge in [-0.1, -0.05) is 44.9 Å². The Labute approximate surface area is 246 Å². The van der Waals surface area contributed by atoms with Crippen LogP contribution in [0.25, 0.3) is 0 Å². The molecule has 0 saturated heterocycles. The van der Waals surface area contributed by atoms with Crippen LogP contribution in [0, 0.1) is 0 Å². The van der Waals surface area contributed by atoms with Crippen LogP contribution in [0.5, 0.6) is 5.75 Å². The molecule has 42 heavy (non-hydrogen) atoms. The van der Waals surface area contributed by atoms with E-state index in [-0.39, 0.29) is 40.6 Å². The molecule has 0 amide bonds. The second-order valence-electron chi connectivity index (χ2n) is 9.84. The lowest BCUT2D eigenvalue weighted by Gasteiger charge is -2.21. The first-order valence-electron chi connectivity index (χ1n) is 14.5. The highest BCUT2D eigenvalue weighted by atomic mass is 16.6. The monoisotopic (exact) mass is 583 g/mol. The number of aliphatic hydroxyl groups excluding tert-OH is 1. The fourth-order valence-electron chi connectivity index (χ4n) is 4.46. The molecule has 228 valence electrons. The number of phenols is 1. The smallest absolute Gasteiger partial charge is 0.378 e. The molecule has 2 atom stereocenters. The minimum atomic E-state index is -1.44. The zero-order chi connectivity index (χ0) is 30.6. The number of carbonyl (C=O) groups is 3. The van der Waals surface area contributed by atoms with Crippen molar-refractivity contribution in [2.45, 2.75) is 65.6 Å². The number of phenolic OH excluding ortho intramolecular Hbond substituents is 1. The number of esters is 2. The van der Waals surface area contributed by atoms with E-state index in [1.165, 1.54) is 24.3 Å². The molecule has 0 bridgehead atoms. The lowest BCUT2D eigenvalue weighted by Crippen LogP contribution is -2.34. The summed E-state index contributed by atoms with van der Waals surface area (Å²) < 4.78 is 22.1. The molecular formula is C32H41NO9. The predicted octanol–water partition coefficient (Wildman–Crippen LogP) is 4.76. The summed E-state index contributed by atoms with van der Waals surface area (Å²) >= 11 is 0. The summed E-state index contributed by atoms with van der Waals surface area (Å²) in [7, 11) is 0.